The predicted octanol–water partition coefficient (Wildman–Crippen LogP) is 1.71. The van der Waals surface area contributed by atoms with Crippen LogP contribution in [0.25, 0.3) is 0 Å². The number of carbonyl (C=O) groups excluding carboxylic acids is 1. The van der Waals surface area contributed by atoms with E-state index < -0.39 is 18.0 Å². The number of aliphatic carboxylic acids is 1. The van der Waals surface area contributed by atoms with E-state index in [1.54, 1.807) is 12.1 Å². The second kappa shape index (κ2) is 7.10. The molecule has 0 saturated carbocycles. The lowest BCUT2D eigenvalue weighted by molar-refractivity contribution is -0.139. The topological polar surface area (TPSA) is 98.7 Å². The highest BCUT2D eigenvalue weighted by Gasteiger charge is 2.19. The average molecular weight is 331 g/mol. The molecule has 1 rings (SSSR count). The maximum Gasteiger partial charge on any atom is 0.326 e. The van der Waals surface area contributed by atoms with Gasteiger partial charge in [0.05, 0.1) is 0 Å². The van der Waals surface area contributed by atoms with Crippen LogP contribution in [0.3, 0.4) is 0 Å². The van der Waals surface area contributed by atoms with Crippen LogP contribution in [-0.2, 0) is 4.79 Å². The molecule has 6 nitrogen and oxygen atoms in total. The molecular formula is C12H15BrN2O4. The van der Waals surface area contributed by atoms with Gasteiger partial charge in [0.1, 0.15) is 6.04 Å². The maximum atomic E-state index is 11.6. The number of halogens is 1. The lowest BCUT2D eigenvalue weighted by Crippen LogP contribution is -2.43. The Morgan fingerprint density at radius 3 is 2.63 bits per heavy atom. The molecule has 1 aromatic rings. The highest BCUT2D eigenvalue weighted by molar-refractivity contribution is 9.10. The monoisotopic (exact) mass is 330 g/mol. The molecule has 0 radical (unpaired) electrons. The summed E-state index contributed by atoms with van der Waals surface area (Å²) in [4.78, 5) is 22.4. The minimum Gasteiger partial charge on any atom is -0.480 e. The van der Waals surface area contributed by atoms with Gasteiger partial charge >= 0.3 is 12.0 Å². The Balaban J connectivity index is 2.63. The summed E-state index contributed by atoms with van der Waals surface area (Å²) in [7, 11) is 0. The Morgan fingerprint density at radius 2 is 2.11 bits per heavy atom. The number of nitrogens with one attached hydrogen (secondary N) is 2. The molecule has 0 unspecified atom stereocenters. The van der Waals surface area contributed by atoms with Crippen molar-refractivity contribution in [3.8, 4) is 0 Å². The minimum absolute atomic E-state index is 0.0413. The Labute approximate surface area is 118 Å². The van der Waals surface area contributed by atoms with Crippen molar-refractivity contribution in [3.63, 3.8) is 0 Å². The number of carbonyl (C=O) groups is 2. The highest BCUT2D eigenvalue weighted by Crippen LogP contribution is 2.20. The molecule has 7 heteroatoms. The van der Waals surface area contributed by atoms with Crippen molar-refractivity contribution in [3.05, 3.63) is 28.2 Å². The second-order valence-corrected chi connectivity index (χ2v) is 4.82. The number of benzene rings is 1. The van der Waals surface area contributed by atoms with Crippen LogP contribution in [0.5, 0.6) is 0 Å². The molecule has 1 atom stereocenters. The van der Waals surface area contributed by atoms with E-state index in [4.69, 9.17) is 10.2 Å². The molecule has 0 heterocycles. The van der Waals surface area contributed by atoms with Crippen molar-refractivity contribution in [2.24, 2.45) is 0 Å². The molecule has 0 bridgehead atoms. The third-order valence-electron chi connectivity index (χ3n) is 2.45. The SMILES string of the molecule is Cc1ccc(NC(=O)N[C@@H](CCO)C(=O)O)cc1Br. The number of aliphatic hydroxyl groups is 1. The number of carboxylic acid groups (broad SMARTS) is 1. The van der Waals surface area contributed by atoms with Crippen molar-refractivity contribution < 1.29 is 19.8 Å². The normalized spacial score (nSPS) is 11.7. The summed E-state index contributed by atoms with van der Waals surface area (Å²) in [5, 5.41) is 22.4. The van der Waals surface area contributed by atoms with Gasteiger partial charge in [-0.15, -0.1) is 0 Å². The number of aliphatic hydroxyl groups excluding tert-OH is 1. The van der Waals surface area contributed by atoms with Gasteiger partial charge < -0.3 is 20.8 Å². The third-order valence-corrected chi connectivity index (χ3v) is 3.31. The molecule has 4 N–H and O–H groups in total. The molecular weight excluding hydrogens is 316 g/mol. The van der Waals surface area contributed by atoms with E-state index in [9.17, 15) is 9.59 Å². The fourth-order valence-electron chi connectivity index (χ4n) is 1.38. The van der Waals surface area contributed by atoms with Crippen LogP contribution in [0.1, 0.15) is 12.0 Å². The van der Waals surface area contributed by atoms with Gasteiger partial charge in [0.2, 0.25) is 0 Å². The van der Waals surface area contributed by atoms with Crippen molar-refractivity contribution in [1.29, 1.82) is 0 Å². The van der Waals surface area contributed by atoms with E-state index in [0.717, 1.165) is 10.0 Å². The molecule has 0 spiro atoms. The van der Waals surface area contributed by atoms with E-state index in [2.05, 4.69) is 26.6 Å². The standard InChI is InChI=1S/C12H15BrN2O4/c1-7-2-3-8(6-9(7)13)14-12(19)15-10(4-5-16)11(17)18/h2-3,6,10,16H,4-5H2,1H3,(H,17,18)(H2,14,15,19)/t10-/m0/s1. The van der Waals surface area contributed by atoms with Crippen molar-refractivity contribution >= 4 is 33.6 Å². The van der Waals surface area contributed by atoms with E-state index in [1.807, 2.05) is 13.0 Å². The van der Waals surface area contributed by atoms with Crippen molar-refractivity contribution in [2.45, 2.75) is 19.4 Å². The summed E-state index contributed by atoms with van der Waals surface area (Å²) in [6.45, 7) is 1.60. The molecule has 104 valence electrons. The molecule has 0 fully saturated rings. The van der Waals surface area contributed by atoms with Crippen molar-refractivity contribution in [2.75, 3.05) is 11.9 Å². The number of hydrogen-bond donors (Lipinski definition) is 4. The summed E-state index contributed by atoms with van der Waals surface area (Å²) >= 11 is 3.34. The van der Waals surface area contributed by atoms with Crippen molar-refractivity contribution in [1.82, 2.24) is 5.32 Å². The minimum atomic E-state index is -1.19. The summed E-state index contributed by atoms with van der Waals surface area (Å²) in [6, 6.07) is 3.51. The first-order valence-electron chi connectivity index (χ1n) is 5.61. The fourth-order valence-corrected chi connectivity index (χ4v) is 1.76. The number of hydrogen-bond acceptors (Lipinski definition) is 3. The van der Waals surface area contributed by atoms with Crippen LogP contribution in [-0.4, -0.2) is 34.9 Å². The number of rotatable bonds is 5. The van der Waals surface area contributed by atoms with Crippen LogP contribution in [0, 0.1) is 6.92 Å². The maximum absolute atomic E-state index is 11.6. The van der Waals surface area contributed by atoms with Gasteiger partial charge in [0.15, 0.2) is 0 Å². The number of amides is 2. The number of aryl methyl sites for hydroxylation is 1. The number of carboxylic acids is 1. The largest absolute Gasteiger partial charge is 0.480 e. The Morgan fingerprint density at radius 1 is 1.42 bits per heavy atom. The molecule has 1 aromatic carbocycles. The highest BCUT2D eigenvalue weighted by atomic mass is 79.9. The van der Waals surface area contributed by atoms with Gasteiger partial charge in [-0.25, -0.2) is 9.59 Å². The Bertz CT molecular complexity index is 479. The van der Waals surface area contributed by atoms with Crippen LogP contribution >= 0.6 is 15.9 Å². The van der Waals surface area contributed by atoms with Crippen LogP contribution in [0.4, 0.5) is 10.5 Å². The Kier molecular flexibility index (Phi) is 5.78. The predicted molar refractivity (Wildman–Crippen MR) is 74.2 cm³/mol. The summed E-state index contributed by atoms with van der Waals surface area (Å²) in [5.41, 5.74) is 1.57. The van der Waals surface area contributed by atoms with E-state index in [0.29, 0.717) is 5.69 Å². The lowest BCUT2D eigenvalue weighted by atomic mass is 10.2. The lowest BCUT2D eigenvalue weighted by Gasteiger charge is -2.14. The Hall–Kier alpha value is -1.60. The van der Waals surface area contributed by atoms with Gasteiger partial charge in [-0.1, -0.05) is 22.0 Å². The fraction of sp³-hybridized carbons (Fsp3) is 0.333. The smallest absolute Gasteiger partial charge is 0.326 e. The zero-order valence-corrected chi connectivity index (χ0v) is 11.9. The van der Waals surface area contributed by atoms with Crippen LogP contribution in [0.15, 0.2) is 22.7 Å². The first-order chi connectivity index (χ1) is 8.93. The zero-order valence-electron chi connectivity index (χ0n) is 10.3. The molecule has 2 amide bonds. The molecule has 0 aliphatic carbocycles. The van der Waals surface area contributed by atoms with Crippen LogP contribution in [0.2, 0.25) is 0 Å². The van der Waals surface area contributed by atoms with Gasteiger partial charge in [-0.3, -0.25) is 0 Å². The summed E-state index contributed by atoms with van der Waals surface area (Å²) in [6.07, 6.45) is -0.0413. The molecule has 0 aromatic heterocycles. The first-order valence-corrected chi connectivity index (χ1v) is 6.40. The third kappa shape index (κ3) is 4.88. The van der Waals surface area contributed by atoms with Gasteiger partial charge in [0.25, 0.3) is 0 Å². The van der Waals surface area contributed by atoms with E-state index in [1.165, 1.54) is 0 Å². The molecule has 0 saturated heterocycles. The molecule has 0 aliphatic rings. The average Bonchev–Trinajstić information content (AvgIpc) is 2.33. The van der Waals surface area contributed by atoms with Gasteiger partial charge in [0, 0.05) is 23.2 Å². The zero-order chi connectivity index (χ0) is 14.4. The summed E-state index contributed by atoms with van der Waals surface area (Å²) < 4.78 is 0.843. The quantitative estimate of drug-likeness (QED) is 0.660. The van der Waals surface area contributed by atoms with Gasteiger partial charge in [-0.05, 0) is 24.6 Å². The number of urea groups is 1. The number of anilines is 1. The summed E-state index contributed by atoms with van der Waals surface area (Å²) in [5.74, 6) is -1.19. The molecule has 19 heavy (non-hydrogen) atoms. The van der Waals surface area contributed by atoms with E-state index >= 15 is 0 Å². The van der Waals surface area contributed by atoms with E-state index in [-0.39, 0.29) is 13.0 Å². The molecule has 0 aliphatic heterocycles. The second-order valence-electron chi connectivity index (χ2n) is 3.97. The first kappa shape index (κ1) is 15.5. The van der Waals surface area contributed by atoms with Crippen LogP contribution < -0.4 is 10.6 Å². The van der Waals surface area contributed by atoms with Gasteiger partial charge in [-0.2, -0.15) is 0 Å².